The van der Waals surface area contributed by atoms with E-state index in [1.165, 1.54) is 0 Å². The van der Waals surface area contributed by atoms with E-state index in [-0.39, 0.29) is 18.4 Å². The highest BCUT2D eigenvalue weighted by Crippen LogP contribution is 2.34. The van der Waals surface area contributed by atoms with Crippen molar-refractivity contribution in [2.24, 2.45) is 12.2 Å². The van der Waals surface area contributed by atoms with Gasteiger partial charge in [-0.25, -0.2) is 0 Å². The standard InChI is InChI=1S/C27H30ClN5O4/c1-32-25-17(13-29-32)4-8-19-20(25)15-36-31-24(19)27(35)30-22(14-33-10-2-3-11-33)26(34)16-5-9-23(21(28)12-16)37-18-6-7-18/h4-5,8-9,12-13,18,22,26,34H,2-3,6-7,10-11,14-15H2,1H3,(H,30,35). The van der Waals surface area contributed by atoms with Crippen LogP contribution in [0.2, 0.25) is 5.02 Å². The molecule has 2 fully saturated rings. The molecule has 2 atom stereocenters. The number of hydrogen-bond acceptors (Lipinski definition) is 7. The van der Waals surface area contributed by atoms with E-state index in [1.807, 2.05) is 25.2 Å². The summed E-state index contributed by atoms with van der Waals surface area (Å²) in [5.41, 5.74) is 3.30. The van der Waals surface area contributed by atoms with Gasteiger partial charge in [0.2, 0.25) is 0 Å². The zero-order valence-electron chi connectivity index (χ0n) is 20.7. The first kappa shape index (κ1) is 24.2. The number of benzene rings is 2. The fraction of sp³-hybridized carbons (Fsp3) is 0.444. The minimum absolute atomic E-state index is 0.189. The number of halogens is 1. The number of aliphatic hydroxyl groups is 1. The highest BCUT2D eigenvalue weighted by molar-refractivity contribution is 6.46. The Hall–Kier alpha value is -3.14. The molecule has 37 heavy (non-hydrogen) atoms. The lowest BCUT2D eigenvalue weighted by atomic mass is 9.98. The molecule has 0 spiro atoms. The summed E-state index contributed by atoms with van der Waals surface area (Å²) < 4.78 is 7.62. The fourth-order valence-electron chi connectivity index (χ4n) is 5.19. The molecule has 3 aromatic rings. The van der Waals surface area contributed by atoms with Gasteiger partial charge in [0, 0.05) is 30.1 Å². The van der Waals surface area contributed by atoms with Crippen LogP contribution in [0.3, 0.4) is 0 Å². The number of aryl methyl sites for hydroxylation is 1. The van der Waals surface area contributed by atoms with Crippen molar-refractivity contribution in [2.75, 3.05) is 19.6 Å². The molecule has 1 saturated heterocycles. The molecule has 0 radical (unpaired) electrons. The molecular formula is C27H30ClN5O4. The second-order valence-electron chi connectivity index (χ2n) is 10.1. The normalized spacial score (nSPS) is 19.2. The topological polar surface area (TPSA) is 101 Å². The molecule has 2 N–H and O–H groups in total. The predicted octanol–water partition coefficient (Wildman–Crippen LogP) is 3.32. The summed E-state index contributed by atoms with van der Waals surface area (Å²) in [7, 11) is 1.86. The molecule has 194 valence electrons. The fourth-order valence-corrected chi connectivity index (χ4v) is 5.42. The Labute approximate surface area is 220 Å². The number of nitrogens with zero attached hydrogens (tertiary/aromatic N) is 4. The molecule has 9 nitrogen and oxygen atoms in total. The number of ether oxygens (including phenoxy) is 1. The van der Waals surface area contributed by atoms with Gasteiger partial charge in [0.05, 0.1) is 28.9 Å². The van der Waals surface area contributed by atoms with Gasteiger partial charge in [-0.3, -0.25) is 9.48 Å². The summed E-state index contributed by atoms with van der Waals surface area (Å²) >= 11 is 6.48. The van der Waals surface area contributed by atoms with Gasteiger partial charge < -0.3 is 24.9 Å². The number of rotatable bonds is 8. The van der Waals surface area contributed by atoms with Crippen LogP contribution in [0.4, 0.5) is 0 Å². The van der Waals surface area contributed by atoms with Gasteiger partial charge in [0.1, 0.15) is 18.5 Å². The van der Waals surface area contributed by atoms with Crippen molar-refractivity contribution >= 4 is 34.1 Å². The van der Waals surface area contributed by atoms with Crippen LogP contribution in [0.15, 0.2) is 41.7 Å². The average Bonchev–Trinajstić information content (AvgIpc) is 3.41. The van der Waals surface area contributed by atoms with Gasteiger partial charge in [0.15, 0.2) is 5.71 Å². The Balaban J connectivity index is 1.26. The van der Waals surface area contributed by atoms with Gasteiger partial charge in [-0.15, -0.1) is 0 Å². The Bertz CT molecular complexity index is 1360. The van der Waals surface area contributed by atoms with Crippen LogP contribution in [0.25, 0.3) is 10.9 Å². The number of fused-ring (bicyclic) bond motifs is 3. The second kappa shape index (κ2) is 9.96. The Kier molecular flexibility index (Phi) is 6.52. The minimum Gasteiger partial charge on any atom is -0.489 e. The first-order valence-electron chi connectivity index (χ1n) is 12.8. The smallest absolute Gasteiger partial charge is 0.274 e. The van der Waals surface area contributed by atoms with Crippen LogP contribution in [-0.4, -0.2) is 63.2 Å². The van der Waals surface area contributed by atoms with Crippen molar-refractivity contribution in [3.63, 3.8) is 0 Å². The Morgan fingerprint density at radius 2 is 2.08 bits per heavy atom. The van der Waals surface area contributed by atoms with Crippen LogP contribution < -0.4 is 10.1 Å². The van der Waals surface area contributed by atoms with E-state index in [2.05, 4.69) is 20.5 Å². The summed E-state index contributed by atoms with van der Waals surface area (Å²) in [5, 5.41) is 24.3. The predicted molar refractivity (Wildman–Crippen MR) is 140 cm³/mol. The number of amides is 1. The highest BCUT2D eigenvalue weighted by atomic mass is 35.5. The summed E-state index contributed by atoms with van der Waals surface area (Å²) in [4.78, 5) is 21.3. The Morgan fingerprint density at radius 1 is 1.27 bits per heavy atom. The molecular weight excluding hydrogens is 494 g/mol. The van der Waals surface area contributed by atoms with Crippen LogP contribution in [0, 0.1) is 0 Å². The van der Waals surface area contributed by atoms with Crippen molar-refractivity contribution < 1.29 is 19.5 Å². The number of likely N-dealkylation sites (tertiary alicyclic amines) is 1. The van der Waals surface area contributed by atoms with E-state index < -0.39 is 18.1 Å². The monoisotopic (exact) mass is 523 g/mol. The number of oxime groups is 1. The van der Waals surface area contributed by atoms with Crippen molar-refractivity contribution in [2.45, 2.75) is 50.5 Å². The third kappa shape index (κ3) is 4.91. The second-order valence-corrected chi connectivity index (χ2v) is 10.5. The first-order valence-corrected chi connectivity index (χ1v) is 13.2. The van der Waals surface area contributed by atoms with E-state index in [1.54, 1.807) is 23.0 Å². The number of carbonyl (C=O) groups is 1. The molecule has 3 aliphatic rings. The van der Waals surface area contributed by atoms with E-state index in [9.17, 15) is 9.90 Å². The maximum absolute atomic E-state index is 13.6. The van der Waals surface area contributed by atoms with Gasteiger partial charge in [-0.2, -0.15) is 5.10 Å². The molecule has 2 aliphatic heterocycles. The van der Waals surface area contributed by atoms with Crippen LogP contribution in [0.1, 0.15) is 48.5 Å². The minimum atomic E-state index is -0.971. The summed E-state index contributed by atoms with van der Waals surface area (Å²) in [5.74, 6) is 0.220. The number of nitrogens with one attached hydrogen (secondary N) is 1. The third-order valence-corrected chi connectivity index (χ3v) is 7.60. The van der Waals surface area contributed by atoms with E-state index in [4.69, 9.17) is 21.2 Å². The number of aliphatic hydroxyl groups excluding tert-OH is 1. The summed E-state index contributed by atoms with van der Waals surface area (Å²) in [6.45, 7) is 2.63. The quantitative estimate of drug-likeness (QED) is 0.470. The Morgan fingerprint density at radius 3 is 2.84 bits per heavy atom. The van der Waals surface area contributed by atoms with Gasteiger partial charge in [-0.1, -0.05) is 35.0 Å². The highest BCUT2D eigenvalue weighted by Gasteiger charge is 2.32. The van der Waals surface area contributed by atoms with Gasteiger partial charge in [-0.05, 0) is 56.5 Å². The van der Waals surface area contributed by atoms with E-state index in [0.29, 0.717) is 28.4 Å². The molecule has 1 saturated carbocycles. The molecule has 2 unspecified atom stereocenters. The van der Waals surface area contributed by atoms with Crippen LogP contribution in [0.5, 0.6) is 5.75 Å². The number of hydrogen-bond donors (Lipinski definition) is 2. The maximum Gasteiger partial charge on any atom is 0.274 e. The van der Waals surface area contributed by atoms with Gasteiger partial charge in [0.25, 0.3) is 5.91 Å². The summed E-state index contributed by atoms with van der Waals surface area (Å²) in [6, 6.07) is 8.56. The third-order valence-electron chi connectivity index (χ3n) is 7.31. The molecule has 1 amide bonds. The molecule has 0 bridgehead atoms. The van der Waals surface area contributed by atoms with E-state index in [0.717, 1.165) is 55.2 Å². The average molecular weight is 524 g/mol. The molecule has 1 aliphatic carbocycles. The SMILES string of the molecule is Cn1ncc2ccc3c(c21)CON=C3C(=O)NC(CN1CCCC1)C(O)c1ccc(OC2CC2)c(Cl)c1. The van der Waals surface area contributed by atoms with Crippen LogP contribution in [-0.2, 0) is 23.3 Å². The largest absolute Gasteiger partial charge is 0.489 e. The maximum atomic E-state index is 13.6. The number of aromatic nitrogens is 2. The zero-order chi connectivity index (χ0) is 25.5. The van der Waals surface area contributed by atoms with E-state index >= 15 is 0 Å². The molecule has 3 heterocycles. The van der Waals surface area contributed by atoms with Crippen molar-refractivity contribution in [3.05, 3.63) is 58.2 Å². The van der Waals surface area contributed by atoms with Crippen molar-refractivity contribution in [1.29, 1.82) is 0 Å². The number of carbonyl (C=O) groups excluding carboxylic acids is 1. The lowest BCUT2D eigenvalue weighted by Crippen LogP contribution is -2.49. The lowest BCUT2D eigenvalue weighted by Gasteiger charge is -2.29. The molecule has 6 rings (SSSR count). The summed E-state index contributed by atoms with van der Waals surface area (Å²) in [6.07, 6.45) is 5.32. The molecule has 10 heteroatoms. The van der Waals surface area contributed by atoms with Gasteiger partial charge >= 0.3 is 0 Å². The first-order chi connectivity index (χ1) is 18.0. The van der Waals surface area contributed by atoms with Crippen molar-refractivity contribution in [1.82, 2.24) is 20.0 Å². The lowest BCUT2D eigenvalue weighted by molar-refractivity contribution is -0.116. The zero-order valence-corrected chi connectivity index (χ0v) is 21.4. The van der Waals surface area contributed by atoms with Crippen LogP contribution >= 0.6 is 11.6 Å². The molecule has 1 aromatic heterocycles. The van der Waals surface area contributed by atoms with Crippen molar-refractivity contribution in [3.8, 4) is 5.75 Å². The molecule has 2 aromatic carbocycles.